The molecule has 0 bridgehead atoms. The Morgan fingerprint density at radius 2 is 1.96 bits per heavy atom. The molecular weight excluding hydrogens is 340 g/mol. The molecular formula is C21H28N4O2. The standard InChI is InChI=1S/C21H28N4O2/c26-21(25-10-7-18(8-11-25)20-6-9-22-23-20)14-19-16-24(12-13-27-19)15-17-4-2-1-3-5-17/h1-6,9,18-19H,7-8,10-16H2,(H,22,23)/t19-/m0/s1. The van der Waals surface area contributed by atoms with Crippen molar-refractivity contribution in [2.24, 2.45) is 0 Å². The van der Waals surface area contributed by atoms with Gasteiger partial charge in [0.05, 0.1) is 19.1 Å². The minimum atomic E-state index is 0.000271. The minimum Gasteiger partial charge on any atom is -0.375 e. The van der Waals surface area contributed by atoms with Crippen LogP contribution in [0, 0.1) is 0 Å². The van der Waals surface area contributed by atoms with Gasteiger partial charge in [-0.2, -0.15) is 5.10 Å². The Balaban J connectivity index is 1.24. The first-order valence-corrected chi connectivity index (χ1v) is 9.93. The lowest BCUT2D eigenvalue weighted by Gasteiger charge is -2.35. The highest BCUT2D eigenvalue weighted by Gasteiger charge is 2.28. The van der Waals surface area contributed by atoms with E-state index in [0.717, 1.165) is 45.6 Å². The Bertz CT molecular complexity index is 711. The number of benzene rings is 1. The number of rotatable bonds is 5. The molecule has 1 aromatic heterocycles. The van der Waals surface area contributed by atoms with Crippen molar-refractivity contribution in [2.75, 3.05) is 32.8 Å². The first kappa shape index (κ1) is 18.2. The number of ether oxygens (including phenoxy) is 1. The van der Waals surface area contributed by atoms with Gasteiger partial charge in [0.2, 0.25) is 5.91 Å². The van der Waals surface area contributed by atoms with Gasteiger partial charge in [0.1, 0.15) is 0 Å². The summed E-state index contributed by atoms with van der Waals surface area (Å²) in [6, 6.07) is 12.5. The van der Waals surface area contributed by atoms with Crippen LogP contribution in [0.3, 0.4) is 0 Å². The molecule has 3 heterocycles. The van der Waals surface area contributed by atoms with E-state index < -0.39 is 0 Å². The first-order chi connectivity index (χ1) is 13.3. The van der Waals surface area contributed by atoms with Crippen molar-refractivity contribution in [3.63, 3.8) is 0 Å². The van der Waals surface area contributed by atoms with Gasteiger partial charge in [-0.3, -0.25) is 14.8 Å². The molecule has 0 saturated carbocycles. The molecule has 2 saturated heterocycles. The number of nitrogens with zero attached hydrogens (tertiary/aromatic N) is 3. The van der Waals surface area contributed by atoms with Crippen molar-refractivity contribution >= 4 is 5.91 Å². The quantitative estimate of drug-likeness (QED) is 0.880. The van der Waals surface area contributed by atoms with Gasteiger partial charge < -0.3 is 9.64 Å². The maximum atomic E-state index is 12.7. The topological polar surface area (TPSA) is 61.5 Å². The van der Waals surface area contributed by atoms with Crippen LogP contribution >= 0.6 is 0 Å². The molecule has 1 N–H and O–H groups in total. The van der Waals surface area contributed by atoms with E-state index in [0.29, 0.717) is 18.9 Å². The summed E-state index contributed by atoms with van der Waals surface area (Å²) in [5.74, 6) is 0.716. The third-order valence-corrected chi connectivity index (χ3v) is 5.68. The second-order valence-electron chi connectivity index (χ2n) is 7.58. The fourth-order valence-corrected chi connectivity index (χ4v) is 4.15. The number of likely N-dealkylation sites (tertiary alicyclic amines) is 1. The third-order valence-electron chi connectivity index (χ3n) is 5.68. The third kappa shape index (κ3) is 4.76. The summed E-state index contributed by atoms with van der Waals surface area (Å²) in [6.07, 6.45) is 4.29. The van der Waals surface area contributed by atoms with Crippen molar-refractivity contribution in [2.45, 2.75) is 37.8 Å². The largest absolute Gasteiger partial charge is 0.375 e. The van der Waals surface area contributed by atoms with Gasteiger partial charge in [-0.1, -0.05) is 30.3 Å². The van der Waals surface area contributed by atoms with Crippen LogP contribution in [0.15, 0.2) is 42.6 Å². The van der Waals surface area contributed by atoms with Gasteiger partial charge in [-0.05, 0) is 24.5 Å². The molecule has 2 fully saturated rings. The summed E-state index contributed by atoms with van der Waals surface area (Å²) in [7, 11) is 0. The van der Waals surface area contributed by atoms with Crippen LogP contribution in [-0.2, 0) is 16.1 Å². The van der Waals surface area contributed by atoms with Gasteiger partial charge in [0.15, 0.2) is 0 Å². The molecule has 4 rings (SSSR count). The number of hydrogen-bond acceptors (Lipinski definition) is 4. The number of nitrogens with one attached hydrogen (secondary N) is 1. The number of piperidine rings is 1. The molecule has 6 heteroatoms. The van der Waals surface area contributed by atoms with Crippen LogP contribution in [-0.4, -0.2) is 64.8 Å². The molecule has 2 aliphatic rings. The van der Waals surface area contributed by atoms with E-state index in [1.165, 1.54) is 11.3 Å². The molecule has 1 amide bonds. The number of hydrogen-bond donors (Lipinski definition) is 1. The maximum Gasteiger partial charge on any atom is 0.225 e. The average molecular weight is 368 g/mol. The van der Waals surface area contributed by atoms with E-state index in [1.54, 1.807) is 6.20 Å². The number of carbonyl (C=O) groups is 1. The molecule has 0 spiro atoms. The van der Waals surface area contributed by atoms with E-state index in [-0.39, 0.29) is 12.0 Å². The molecule has 27 heavy (non-hydrogen) atoms. The van der Waals surface area contributed by atoms with Crippen LogP contribution in [0.4, 0.5) is 0 Å². The molecule has 144 valence electrons. The molecule has 0 radical (unpaired) electrons. The molecule has 0 aliphatic carbocycles. The van der Waals surface area contributed by atoms with Crippen molar-refractivity contribution in [1.29, 1.82) is 0 Å². The summed E-state index contributed by atoms with van der Waals surface area (Å²) in [5, 5.41) is 7.10. The van der Waals surface area contributed by atoms with Crippen molar-refractivity contribution in [3.8, 4) is 0 Å². The van der Waals surface area contributed by atoms with E-state index >= 15 is 0 Å². The summed E-state index contributed by atoms with van der Waals surface area (Å²) < 4.78 is 5.88. The van der Waals surface area contributed by atoms with E-state index in [1.807, 2.05) is 17.0 Å². The molecule has 1 aromatic carbocycles. The molecule has 0 unspecified atom stereocenters. The fraction of sp³-hybridized carbons (Fsp3) is 0.524. The van der Waals surface area contributed by atoms with Crippen LogP contribution < -0.4 is 0 Å². The molecule has 6 nitrogen and oxygen atoms in total. The lowest BCUT2D eigenvalue weighted by molar-refractivity contribution is -0.137. The lowest BCUT2D eigenvalue weighted by atomic mass is 9.93. The minimum absolute atomic E-state index is 0.000271. The van der Waals surface area contributed by atoms with Gasteiger partial charge in [-0.15, -0.1) is 0 Å². The number of H-pyrrole nitrogens is 1. The van der Waals surface area contributed by atoms with Crippen LogP contribution in [0.1, 0.15) is 36.4 Å². The Morgan fingerprint density at radius 1 is 1.15 bits per heavy atom. The lowest BCUT2D eigenvalue weighted by Crippen LogP contribution is -2.45. The number of carbonyl (C=O) groups excluding carboxylic acids is 1. The van der Waals surface area contributed by atoms with Crippen LogP contribution in [0.25, 0.3) is 0 Å². The summed E-state index contributed by atoms with van der Waals surface area (Å²) in [6.45, 7) is 5.02. The summed E-state index contributed by atoms with van der Waals surface area (Å²) in [5.41, 5.74) is 2.50. The van der Waals surface area contributed by atoms with Crippen molar-refractivity contribution in [3.05, 3.63) is 53.9 Å². The molecule has 2 aromatic rings. The zero-order valence-corrected chi connectivity index (χ0v) is 15.7. The highest BCUT2D eigenvalue weighted by molar-refractivity contribution is 5.76. The molecule has 1 atom stereocenters. The number of morpholine rings is 1. The Labute approximate surface area is 160 Å². The zero-order chi connectivity index (χ0) is 18.5. The zero-order valence-electron chi connectivity index (χ0n) is 15.7. The normalized spacial score (nSPS) is 22.1. The summed E-state index contributed by atoms with van der Waals surface area (Å²) in [4.78, 5) is 17.1. The van der Waals surface area contributed by atoms with E-state index in [9.17, 15) is 4.79 Å². The maximum absolute atomic E-state index is 12.7. The average Bonchev–Trinajstić information content (AvgIpc) is 3.24. The SMILES string of the molecule is O=C(C[C@H]1CN(Cc2ccccc2)CCO1)N1CCC(c2ccn[nH]2)CC1. The van der Waals surface area contributed by atoms with Gasteiger partial charge >= 0.3 is 0 Å². The second kappa shape index (κ2) is 8.67. The Hall–Kier alpha value is -2.18. The highest BCUT2D eigenvalue weighted by Crippen LogP contribution is 2.27. The predicted octanol–water partition coefficient (Wildman–Crippen LogP) is 2.41. The monoisotopic (exact) mass is 368 g/mol. The number of amides is 1. The van der Waals surface area contributed by atoms with Gasteiger partial charge in [0.25, 0.3) is 0 Å². The van der Waals surface area contributed by atoms with Crippen LogP contribution in [0.2, 0.25) is 0 Å². The smallest absolute Gasteiger partial charge is 0.225 e. The highest BCUT2D eigenvalue weighted by atomic mass is 16.5. The number of aromatic nitrogens is 2. The van der Waals surface area contributed by atoms with Crippen molar-refractivity contribution < 1.29 is 9.53 Å². The number of aromatic amines is 1. The fourth-order valence-electron chi connectivity index (χ4n) is 4.15. The second-order valence-corrected chi connectivity index (χ2v) is 7.58. The van der Waals surface area contributed by atoms with Gasteiger partial charge in [-0.25, -0.2) is 0 Å². The van der Waals surface area contributed by atoms with Gasteiger partial charge in [0, 0.05) is 50.5 Å². The molecule has 2 aliphatic heterocycles. The first-order valence-electron chi connectivity index (χ1n) is 9.93. The predicted molar refractivity (Wildman–Crippen MR) is 103 cm³/mol. The van der Waals surface area contributed by atoms with E-state index in [4.69, 9.17) is 4.74 Å². The van der Waals surface area contributed by atoms with Crippen molar-refractivity contribution in [1.82, 2.24) is 20.0 Å². The summed E-state index contributed by atoms with van der Waals surface area (Å²) >= 11 is 0. The Kier molecular flexibility index (Phi) is 5.84. The van der Waals surface area contributed by atoms with Crippen LogP contribution in [0.5, 0.6) is 0 Å². The van der Waals surface area contributed by atoms with E-state index in [2.05, 4.69) is 39.4 Å². The Morgan fingerprint density at radius 3 is 2.70 bits per heavy atom.